The first-order chi connectivity index (χ1) is 12.8. The van der Waals surface area contributed by atoms with Crippen molar-refractivity contribution in [1.29, 1.82) is 0 Å². The van der Waals surface area contributed by atoms with Crippen LogP contribution in [0.1, 0.15) is 40.3 Å². The molecule has 0 fully saturated rings. The number of amides is 1. The van der Waals surface area contributed by atoms with Crippen LogP contribution in [0.25, 0.3) is 5.69 Å². The highest BCUT2D eigenvalue weighted by Gasteiger charge is 2.21. The Kier molecular flexibility index (Phi) is 7.44. The minimum atomic E-state index is -0.113. The van der Waals surface area contributed by atoms with Crippen LogP contribution in [0.5, 0.6) is 0 Å². The van der Waals surface area contributed by atoms with E-state index < -0.39 is 0 Å². The van der Waals surface area contributed by atoms with Crippen molar-refractivity contribution >= 4 is 40.0 Å². The van der Waals surface area contributed by atoms with Crippen molar-refractivity contribution < 1.29 is 4.79 Å². The largest absolute Gasteiger partial charge is 0.358 e. The molecule has 0 aliphatic heterocycles. The topological polar surface area (TPSA) is 50.2 Å². The Morgan fingerprint density at radius 1 is 1.22 bits per heavy atom. The van der Waals surface area contributed by atoms with Gasteiger partial charge in [0.2, 0.25) is 5.91 Å². The Hall–Kier alpha value is -1.86. The number of carbonyl (C=O) groups is 1. The molecule has 0 radical (unpaired) electrons. The van der Waals surface area contributed by atoms with Gasteiger partial charge in [-0.1, -0.05) is 63.0 Å². The number of nitrogens with one attached hydrogen (secondary N) is 1. The van der Waals surface area contributed by atoms with Crippen LogP contribution in [0.4, 0.5) is 5.82 Å². The summed E-state index contributed by atoms with van der Waals surface area (Å²) < 4.78 is 2.54. The second-order valence-corrected chi connectivity index (χ2v) is 8.80. The number of rotatable bonds is 6. The summed E-state index contributed by atoms with van der Waals surface area (Å²) in [4.78, 5) is 14.6. The zero-order chi connectivity index (χ0) is 20.0. The first-order valence-electron chi connectivity index (χ1n) is 9.13. The van der Waals surface area contributed by atoms with Crippen LogP contribution in [-0.4, -0.2) is 43.8 Å². The van der Waals surface area contributed by atoms with Gasteiger partial charge in [-0.05, 0) is 26.0 Å². The van der Waals surface area contributed by atoms with Crippen molar-refractivity contribution in [2.24, 2.45) is 0 Å². The number of aromatic nitrogens is 2. The molecule has 0 aliphatic carbocycles. The van der Waals surface area contributed by atoms with Crippen LogP contribution in [0, 0.1) is 0 Å². The maximum absolute atomic E-state index is 12.5. The van der Waals surface area contributed by atoms with Crippen LogP contribution in [0.2, 0.25) is 0 Å². The van der Waals surface area contributed by atoms with Crippen LogP contribution in [-0.2, 0) is 10.2 Å². The van der Waals surface area contributed by atoms with E-state index >= 15 is 0 Å². The molecule has 0 atom stereocenters. The monoisotopic (exact) mass is 404 g/mol. The van der Waals surface area contributed by atoms with Gasteiger partial charge < -0.3 is 10.2 Å². The lowest BCUT2D eigenvalue weighted by Gasteiger charge is -2.20. The number of para-hydroxylation sites is 1. The molecule has 0 aliphatic rings. The molecular weight excluding hydrogens is 376 g/mol. The molecule has 0 unspecified atom stereocenters. The van der Waals surface area contributed by atoms with Gasteiger partial charge in [0.1, 0.15) is 10.1 Å². The van der Waals surface area contributed by atoms with Gasteiger partial charge in [0.25, 0.3) is 0 Å². The summed E-state index contributed by atoms with van der Waals surface area (Å²) in [6.45, 7) is 12.1. The summed E-state index contributed by atoms with van der Waals surface area (Å²) in [6.07, 6.45) is 0. The molecule has 0 saturated carbocycles. The van der Waals surface area contributed by atoms with Crippen molar-refractivity contribution in [3.8, 4) is 5.69 Å². The molecular formula is C20H28N4OS2. The van der Waals surface area contributed by atoms with E-state index in [1.807, 2.05) is 36.4 Å². The highest BCUT2D eigenvalue weighted by Crippen LogP contribution is 2.26. The highest BCUT2D eigenvalue weighted by molar-refractivity contribution is 8.23. The van der Waals surface area contributed by atoms with Gasteiger partial charge in [0.15, 0.2) is 0 Å². The quantitative estimate of drug-likeness (QED) is 0.720. The van der Waals surface area contributed by atoms with Gasteiger partial charge in [0.05, 0.1) is 17.1 Å². The van der Waals surface area contributed by atoms with Crippen molar-refractivity contribution in [3.63, 3.8) is 0 Å². The fourth-order valence-electron chi connectivity index (χ4n) is 2.48. The second kappa shape index (κ2) is 9.37. The molecule has 2 aromatic rings. The molecule has 1 amide bonds. The molecule has 0 saturated heterocycles. The van der Waals surface area contributed by atoms with Crippen molar-refractivity contribution in [2.45, 2.75) is 40.0 Å². The van der Waals surface area contributed by atoms with Gasteiger partial charge in [-0.3, -0.25) is 4.79 Å². The maximum Gasteiger partial charge on any atom is 0.235 e. The predicted octanol–water partition coefficient (Wildman–Crippen LogP) is 4.47. The Bertz CT molecular complexity index is 777. The van der Waals surface area contributed by atoms with Crippen LogP contribution in [0.15, 0.2) is 36.4 Å². The van der Waals surface area contributed by atoms with E-state index in [1.54, 1.807) is 4.68 Å². The molecule has 27 heavy (non-hydrogen) atoms. The first-order valence-corrected chi connectivity index (χ1v) is 10.5. The average molecular weight is 405 g/mol. The zero-order valence-corrected chi connectivity index (χ0v) is 18.3. The Labute approximate surface area is 171 Å². The number of benzene rings is 1. The lowest BCUT2D eigenvalue weighted by Crippen LogP contribution is -2.28. The third-order valence-electron chi connectivity index (χ3n) is 4.09. The molecule has 5 nitrogen and oxygen atoms in total. The number of carbonyl (C=O) groups excluding carboxylic acids is 1. The molecule has 0 spiro atoms. The van der Waals surface area contributed by atoms with Gasteiger partial charge >= 0.3 is 0 Å². The SMILES string of the molecule is CCN(CC)C(=S)SCC(=O)Nc1cc(C(C)(C)C)nn1-c1ccccc1. The highest BCUT2D eigenvalue weighted by atomic mass is 32.2. The average Bonchev–Trinajstić information content (AvgIpc) is 3.06. The minimum absolute atomic E-state index is 0.0907. The molecule has 1 aromatic carbocycles. The normalized spacial score (nSPS) is 11.3. The summed E-state index contributed by atoms with van der Waals surface area (Å²) in [5, 5.41) is 7.71. The van der Waals surface area contributed by atoms with Crippen molar-refractivity contribution in [3.05, 3.63) is 42.1 Å². The molecule has 1 heterocycles. The Morgan fingerprint density at radius 3 is 2.41 bits per heavy atom. The van der Waals surface area contributed by atoms with Crippen LogP contribution >= 0.6 is 24.0 Å². The molecule has 2 rings (SSSR count). The van der Waals surface area contributed by atoms with Crippen molar-refractivity contribution in [2.75, 3.05) is 24.2 Å². The number of thioether (sulfide) groups is 1. The summed E-state index contributed by atoms with van der Waals surface area (Å²) in [7, 11) is 0. The molecule has 1 aromatic heterocycles. The van der Waals surface area contributed by atoms with E-state index in [0.29, 0.717) is 5.82 Å². The molecule has 1 N–H and O–H groups in total. The standard InChI is InChI=1S/C20H28N4OS2/c1-6-23(7-2)19(26)27-14-18(25)21-17-13-16(20(3,4)5)22-24(17)15-11-9-8-10-12-15/h8-13H,6-7,14H2,1-5H3,(H,21,25). The second-order valence-electron chi connectivity index (χ2n) is 7.19. The third-order valence-corrected chi connectivity index (χ3v) is 5.62. The number of thiocarbonyl (C=S) groups is 1. The number of hydrogen-bond acceptors (Lipinski definition) is 4. The van der Waals surface area contributed by atoms with Gasteiger partial charge in [0, 0.05) is 24.6 Å². The number of hydrogen-bond donors (Lipinski definition) is 1. The van der Waals surface area contributed by atoms with E-state index in [9.17, 15) is 4.79 Å². The lowest BCUT2D eigenvalue weighted by molar-refractivity contribution is -0.113. The smallest absolute Gasteiger partial charge is 0.235 e. The zero-order valence-electron chi connectivity index (χ0n) is 16.7. The summed E-state index contributed by atoms with van der Waals surface area (Å²) >= 11 is 6.79. The summed E-state index contributed by atoms with van der Waals surface area (Å²) in [6, 6.07) is 11.8. The number of anilines is 1. The fourth-order valence-corrected chi connectivity index (χ4v) is 3.68. The van der Waals surface area contributed by atoms with Gasteiger partial charge in [-0.25, -0.2) is 4.68 Å². The van der Waals surface area contributed by atoms with Gasteiger partial charge in [-0.15, -0.1) is 0 Å². The Balaban J connectivity index is 2.16. The third kappa shape index (κ3) is 5.81. The number of nitrogens with zero attached hydrogens (tertiary/aromatic N) is 3. The van der Waals surface area contributed by atoms with Crippen molar-refractivity contribution in [1.82, 2.24) is 14.7 Å². The minimum Gasteiger partial charge on any atom is -0.358 e. The summed E-state index contributed by atoms with van der Waals surface area (Å²) in [5.41, 5.74) is 1.72. The van der Waals surface area contributed by atoms with Crippen LogP contribution < -0.4 is 5.32 Å². The van der Waals surface area contributed by atoms with E-state index in [1.165, 1.54) is 11.8 Å². The van der Waals surface area contributed by atoms with E-state index in [2.05, 4.69) is 44.8 Å². The maximum atomic E-state index is 12.5. The molecule has 0 bridgehead atoms. The molecule has 146 valence electrons. The van der Waals surface area contributed by atoms with E-state index in [0.717, 1.165) is 28.8 Å². The van der Waals surface area contributed by atoms with E-state index in [-0.39, 0.29) is 17.1 Å². The lowest BCUT2D eigenvalue weighted by atomic mass is 9.92. The Morgan fingerprint density at radius 2 is 1.85 bits per heavy atom. The van der Waals surface area contributed by atoms with Gasteiger partial charge in [-0.2, -0.15) is 5.10 Å². The predicted molar refractivity (Wildman–Crippen MR) is 119 cm³/mol. The fraction of sp³-hybridized carbons (Fsp3) is 0.450. The van der Waals surface area contributed by atoms with Crippen LogP contribution in [0.3, 0.4) is 0 Å². The summed E-state index contributed by atoms with van der Waals surface area (Å²) in [5.74, 6) is 0.859. The van der Waals surface area contributed by atoms with E-state index in [4.69, 9.17) is 17.3 Å². The molecule has 7 heteroatoms. The first kappa shape index (κ1) is 21.4.